The van der Waals surface area contributed by atoms with Gasteiger partial charge >= 0.3 is 0 Å². The van der Waals surface area contributed by atoms with E-state index in [2.05, 4.69) is 106 Å². The topological polar surface area (TPSA) is 40.3 Å². The number of ether oxygens (including phenoxy) is 1. The molecule has 0 bridgehead atoms. The summed E-state index contributed by atoms with van der Waals surface area (Å²) in [6.07, 6.45) is 9.85. The van der Waals surface area contributed by atoms with Crippen LogP contribution in [0, 0.1) is 0 Å². The minimum atomic E-state index is -0.179. The van der Waals surface area contributed by atoms with Crippen molar-refractivity contribution >= 4 is 17.0 Å². The fourth-order valence-electron chi connectivity index (χ4n) is 5.50. The van der Waals surface area contributed by atoms with Crippen LogP contribution in [0.25, 0.3) is 17.0 Å². The molecule has 0 unspecified atom stereocenters. The molecule has 6 rings (SSSR count). The van der Waals surface area contributed by atoms with Crippen LogP contribution in [-0.4, -0.2) is 35.1 Å². The third-order valence-corrected chi connectivity index (χ3v) is 7.49. The van der Waals surface area contributed by atoms with E-state index in [1.165, 1.54) is 33.2 Å². The van der Waals surface area contributed by atoms with E-state index in [0.29, 0.717) is 0 Å². The highest BCUT2D eigenvalue weighted by molar-refractivity contribution is 5.94. The van der Waals surface area contributed by atoms with E-state index < -0.39 is 0 Å². The fraction of sp³-hybridized carbons (Fsp3) is 0.290. The number of piperidine rings is 1. The summed E-state index contributed by atoms with van der Waals surface area (Å²) < 4.78 is 6.73. The second kappa shape index (κ2) is 9.73. The number of aromatic nitrogens is 1. The zero-order valence-electron chi connectivity index (χ0n) is 20.2. The van der Waals surface area contributed by atoms with Crippen molar-refractivity contribution in [3.05, 3.63) is 107 Å². The third-order valence-electron chi connectivity index (χ3n) is 7.49. The van der Waals surface area contributed by atoms with Crippen molar-refractivity contribution in [2.45, 2.75) is 38.0 Å². The molecular formula is C31H33N3O. The number of benzene rings is 3. The Hall–Kier alpha value is -3.34. The van der Waals surface area contributed by atoms with E-state index in [1.807, 2.05) is 0 Å². The van der Waals surface area contributed by atoms with Gasteiger partial charge in [0, 0.05) is 61.7 Å². The van der Waals surface area contributed by atoms with E-state index in [-0.39, 0.29) is 5.60 Å². The van der Waals surface area contributed by atoms with Crippen LogP contribution < -0.4 is 10.1 Å². The summed E-state index contributed by atoms with van der Waals surface area (Å²) in [4.78, 5) is 6.02. The molecule has 0 atom stereocenters. The first-order valence-electron chi connectivity index (χ1n) is 12.8. The predicted molar refractivity (Wildman–Crippen MR) is 143 cm³/mol. The number of nitrogens with zero attached hydrogens (tertiary/aromatic N) is 1. The van der Waals surface area contributed by atoms with Crippen LogP contribution in [0.4, 0.5) is 0 Å². The summed E-state index contributed by atoms with van der Waals surface area (Å²) in [6.45, 7) is 4.97. The summed E-state index contributed by atoms with van der Waals surface area (Å²) in [7, 11) is 0. The lowest BCUT2D eigenvalue weighted by Crippen LogP contribution is -2.47. The molecule has 35 heavy (non-hydrogen) atoms. The highest BCUT2D eigenvalue weighted by Gasteiger charge is 2.37. The zero-order chi connectivity index (χ0) is 23.5. The first-order valence-corrected chi connectivity index (χ1v) is 12.8. The molecule has 4 aromatic rings. The third kappa shape index (κ3) is 4.77. The van der Waals surface area contributed by atoms with Gasteiger partial charge in [0.15, 0.2) is 0 Å². The number of rotatable bonds is 7. The van der Waals surface area contributed by atoms with Gasteiger partial charge in [0.05, 0.1) is 0 Å². The Morgan fingerprint density at radius 2 is 1.63 bits per heavy atom. The van der Waals surface area contributed by atoms with E-state index in [0.717, 1.165) is 57.7 Å². The normalized spacial score (nSPS) is 16.9. The number of aromatic amines is 1. The lowest BCUT2D eigenvalue weighted by molar-refractivity contribution is 0.0362. The minimum Gasteiger partial charge on any atom is -0.482 e. The largest absolute Gasteiger partial charge is 0.482 e. The van der Waals surface area contributed by atoms with Gasteiger partial charge < -0.3 is 15.0 Å². The Labute approximate surface area is 207 Å². The summed E-state index contributed by atoms with van der Waals surface area (Å²) >= 11 is 0. The van der Waals surface area contributed by atoms with E-state index in [9.17, 15) is 0 Å². The van der Waals surface area contributed by atoms with E-state index in [4.69, 9.17) is 4.74 Å². The molecule has 1 aromatic heterocycles. The van der Waals surface area contributed by atoms with Crippen molar-refractivity contribution < 1.29 is 4.74 Å². The molecule has 3 heterocycles. The van der Waals surface area contributed by atoms with Gasteiger partial charge in [0.25, 0.3) is 0 Å². The lowest BCUT2D eigenvalue weighted by atomic mass is 9.87. The predicted octanol–water partition coefficient (Wildman–Crippen LogP) is 5.94. The molecule has 1 fully saturated rings. The quantitative estimate of drug-likeness (QED) is 0.333. The molecule has 1 saturated heterocycles. The average Bonchev–Trinajstić information content (AvgIpc) is 3.33. The van der Waals surface area contributed by atoms with Gasteiger partial charge in [0.2, 0.25) is 0 Å². The fourth-order valence-corrected chi connectivity index (χ4v) is 5.50. The molecule has 4 heteroatoms. The summed E-state index contributed by atoms with van der Waals surface area (Å²) in [5, 5.41) is 4.89. The Morgan fingerprint density at radius 1 is 0.886 bits per heavy atom. The SMILES string of the molecule is C1=CC2(CCN(Cc3ccccc3)CC2)Oc2ccc3[nH]cc(CCNCc4ccccc4)c3c21. The van der Waals surface area contributed by atoms with E-state index >= 15 is 0 Å². The maximum Gasteiger partial charge on any atom is 0.130 e. The van der Waals surface area contributed by atoms with Crippen molar-refractivity contribution in [1.29, 1.82) is 0 Å². The molecule has 2 N–H and O–H groups in total. The number of H-pyrrole nitrogens is 1. The van der Waals surface area contributed by atoms with E-state index in [1.54, 1.807) is 0 Å². The van der Waals surface area contributed by atoms with Crippen molar-refractivity contribution in [2.75, 3.05) is 19.6 Å². The Morgan fingerprint density at radius 3 is 2.40 bits per heavy atom. The van der Waals surface area contributed by atoms with Crippen LogP contribution >= 0.6 is 0 Å². The second-order valence-corrected chi connectivity index (χ2v) is 9.89. The molecule has 0 radical (unpaired) electrons. The van der Waals surface area contributed by atoms with Gasteiger partial charge in [0.1, 0.15) is 11.4 Å². The van der Waals surface area contributed by atoms with Crippen LogP contribution in [0.3, 0.4) is 0 Å². The maximum absolute atomic E-state index is 6.73. The van der Waals surface area contributed by atoms with Crippen molar-refractivity contribution in [3.8, 4) is 5.75 Å². The van der Waals surface area contributed by atoms with Crippen LogP contribution in [0.2, 0.25) is 0 Å². The van der Waals surface area contributed by atoms with Crippen LogP contribution in [0.15, 0.2) is 85.1 Å². The van der Waals surface area contributed by atoms with Gasteiger partial charge in [-0.2, -0.15) is 0 Å². The van der Waals surface area contributed by atoms with Crippen LogP contribution in [0.1, 0.15) is 35.1 Å². The molecule has 178 valence electrons. The minimum absolute atomic E-state index is 0.179. The van der Waals surface area contributed by atoms with Gasteiger partial charge in [-0.3, -0.25) is 4.90 Å². The first-order chi connectivity index (χ1) is 17.3. The highest BCUT2D eigenvalue weighted by Crippen LogP contribution is 2.41. The van der Waals surface area contributed by atoms with Gasteiger partial charge in [-0.1, -0.05) is 66.7 Å². The molecule has 1 spiro atoms. The monoisotopic (exact) mass is 463 g/mol. The van der Waals surface area contributed by atoms with Crippen LogP contribution in [-0.2, 0) is 19.5 Å². The number of fused-ring (bicyclic) bond motifs is 3. The molecule has 2 aliphatic rings. The molecular weight excluding hydrogens is 430 g/mol. The van der Waals surface area contributed by atoms with Crippen molar-refractivity contribution in [3.63, 3.8) is 0 Å². The number of hydrogen-bond acceptors (Lipinski definition) is 3. The molecule has 0 saturated carbocycles. The second-order valence-electron chi connectivity index (χ2n) is 9.89. The van der Waals surface area contributed by atoms with Gasteiger partial charge in [-0.15, -0.1) is 0 Å². The lowest BCUT2D eigenvalue weighted by Gasteiger charge is -2.42. The number of nitrogens with one attached hydrogen (secondary N) is 2. The molecule has 4 nitrogen and oxygen atoms in total. The molecule has 0 amide bonds. The number of likely N-dealkylation sites (tertiary alicyclic amines) is 1. The van der Waals surface area contributed by atoms with Crippen molar-refractivity contribution in [1.82, 2.24) is 15.2 Å². The Bertz CT molecular complexity index is 1300. The summed E-state index contributed by atoms with van der Waals surface area (Å²) in [5.41, 5.74) is 6.28. The average molecular weight is 464 g/mol. The number of hydrogen-bond donors (Lipinski definition) is 2. The Balaban J connectivity index is 1.12. The molecule has 2 aliphatic heterocycles. The zero-order valence-corrected chi connectivity index (χ0v) is 20.2. The van der Waals surface area contributed by atoms with Gasteiger partial charge in [-0.25, -0.2) is 0 Å². The smallest absolute Gasteiger partial charge is 0.130 e. The van der Waals surface area contributed by atoms with Crippen molar-refractivity contribution in [2.24, 2.45) is 0 Å². The first kappa shape index (κ1) is 22.1. The molecule has 0 aliphatic carbocycles. The molecule has 3 aromatic carbocycles. The van der Waals surface area contributed by atoms with Gasteiger partial charge in [-0.05, 0) is 47.9 Å². The van der Waals surface area contributed by atoms with Crippen LogP contribution in [0.5, 0.6) is 5.75 Å². The Kier molecular flexibility index (Phi) is 6.15. The summed E-state index contributed by atoms with van der Waals surface area (Å²) in [6, 6.07) is 25.7. The standard InChI is InChI=1S/C31H33N3O/c1-3-7-24(8-4-1)21-32-18-14-26-22-33-28-11-12-29-27(30(26)28)13-15-31(35-29)16-19-34(20-17-31)23-25-9-5-2-6-10-25/h1-13,15,22,32-33H,14,16-21,23H2. The maximum atomic E-state index is 6.73. The highest BCUT2D eigenvalue weighted by atomic mass is 16.5. The summed E-state index contributed by atoms with van der Waals surface area (Å²) in [5.74, 6) is 1.02.